The fourth-order valence-corrected chi connectivity index (χ4v) is 2.74. The highest BCUT2D eigenvalue weighted by atomic mass is 16.5. The van der Waals surface area contributed by atoms with E-state index in [-0.39, 0.29) is 5.91 Å². The maximum atomic E-state index is 12.3. The number of hydrazone groups is 1. The molecule has 3 rings (SSSR count). The highest BCUT2D eigenvalue weighted by Crippen LogP contribution is 2.16. The molecule has 0 atom stereocenters. The van der Waals surface area contributed by atoms with Gasteiger partial charge in [-0.1, -0.05) is 31.0 Å². The lowest BCUT2D eigenvalue weighted by Crippen LogP contribution is -2.17. The van der Waals surface area contributed by atoms with Crippen molar-refractivity contribution < 1.29 is 19.1 Å². The van der Waals surface area contributed by atoms with Crippen LogP contribution in [0.2, 0.25) is 0 Å². The summed E-state index contributed by atoms with van der Waals surface area (Å²) in [6, 6.07) is 20.9. The van der Waals surface area contributed by atoms with Crippen molar-refractivity contribution in [1.29, 1.82) is 0 Å². The molecule has 1 N–H and O–H groups in total. The van der Waals surface area contributed by atoms with Crippen molar-refractivity contribution in [2.24, 2.45) is 5.10 Å². The van der Waals surface area contributed by atoms with Crippen LogP contribution in [0, 0.1) is 6.92 Å². The highest BCUT2D eigenvalue weighted by molar-refractivity contribution is 5.95. The van der Waals surface area contributed by atoms with Gasteiger partial charge in [0, 0.05) is 5.56 Å². The number of carbonyl (C=O) groups is 2. The summed E-state index contributed by atoms with van der Waals surface area (Å²) in [5.41, 5.74) is 5.31. The van der Waals surface area contributed by atoms with Crippen LogP contribution in [0.5, 0.6) is 11.5 Å². The molecule has 6 nitrogen and oxygen atoms in total. The van der Waals surface area contributed by atoms with Gasteiger partial charge in [0.15, 0.2) is 0 Å². The first kappa shape index (κ1) is 22.7. The number of esters is 1. The van der Waals surface area contributed by atoms with E-state index in [9.17, 15) is 9.59 Å². The number of hydrogen-bond donors (Lipinski definition) is 1. The molecule has 0 heterocycles. The molecular weight excluding hydrogens is 404 g/mol. The van der Waals surface area contributed by atoms with E-state index in [0.717, 1.165) is 29.7 Å². The normalized spacial score (nSPS) is 10.7. The predicted molar refractivity (Wildman–Crippen MR) is 124 cm³/mol. The molecule has 3 aromatic rings. The van der Waals surface area contributed by atoms with Crippen molar-refractivity contribution >= 4 is 18.1 Å². The van der Waals surface area contributed by atoms with Crippen LogP contribution in [-0.2, 0) is 0 Å². The van der Waals surface area contributed by atoms with Gasteiger partial charge in [-0.25, -0.2) is 10.2 Å². The van der Waals surface area contributed by atoms with Crippen LogP contribution in [0.4, 0.5) is 0 Å². The van der Waals surface area contributed by atoms with Crippen LogP contribution in [-0.4, -0.2) is 24.7 Å². The molecule has 0 spiro atoms. The van der Waals surface area contributed by atoms with Crippen molar-refractivity contribution in [1.82, 2.24) is 5.43 Å². The van der Waals surface area contributed by atoms with Gasteiger partial charge in [0.25, 0.3) is 5.91 Å². The zero-order valence-electron chi connectivity index (χ0n) is 18.2. The molecule has 0 unspecified atom stereocenters. The molecule has 0 aromatic heterocycles. The summed E-state index contributed by atoms with van der Waals surface area (Å²) in [7, 11) is 0. The van der Waals surface area contributed by atoms with Gasteiger partial charge in [-0.05, 0) is 79.6 Å². The van der Waals surface area contributed by atoms with Gasteiger partial charge in [-0.2, -0.15) is 5.10 Å². The van der Waals surface area contributed by atoms with Crippen molar-refractivity contribution in [3.8, 4) is 11.5 Å². The number of benzene rings is 3. The van der Waals surface area contributed by atoms with E-state index in [2.05, 4.69) is 17.5 Å². The Morgan fingerprint density at radius 3 is 2.16 bits per heavy atom. The van der Waals surface area contributed by atoms with Gasteiger partial charge in [0.2, 0.25) is 0 Å². The minimum atomic E-state index is -0.447. The van der Waals surface area contributed by atoms with E-state index >= 15 is 0 Å². The Labute approximate surface area is 187 Å². The van der Waals surface area contributed by atoms with Crippen LogP contribution in [0.1, 0.15) is 51.6 Å². The third-order valence-corrected chi connectivity index (χ3v) is 4.64. The van der Waals surface area contributed by atoms with Crippen molar-refractivity contribution in [3.63, 3.8) is 0 Å². The summed E-state index contributed by atoms with van der Waals surface area (Å²) in [6.45, 7) is 4.72. The second kappa shape index (κ2) is 11.5. The van der Waals surface area contributed by atoms with Gasteiger partial charge in [-0.3, -0.25) is 4.79 Å². The van der Waals surface area contributed by atoms with Crippen LogP contribution < -0.4 is 14.9 Å². The average molecular weight is 431 g/mol. The molecule has 0 saturated carbocycles. The first-order valence-corrected chi connectivity index (χ1v) is 10.5. The fraction of sp³-hybridized carbons (Fsp3) is 0.192. The summed E-state index contributed by atoms with van der Waals surface area (Å²) in [6.07, 6.45) is 3.58. The average Bonchev–Trinajstić information content (AvgIpc) is 2.81. The van der Waals surface area contributed by atoms with Crippen LogP contribution >= 0.6 is 0 Å². The number of amides is 1. The zero-order chi connectivity index (χ0) is 22.8. The lowest BCUT2D eigenvalue weighted by molar-refractivity contribution is 0.0734. The smallest absolute Gasteiger partial charge is 0.343 e. The standard InChI is InChI=1S/C26H26N2O4/c1-3-4-17-31-23-15-11-22(12-16-23)26(30)32-24-13-7-20(8-14-24)18-27-28-25(29)21-9-5-19(2)6-10-21/h5-16,18H,3-4,17H2,1-2H3,(H,28,29)/b27-18-. The Kier molecular flexibility index (Phi) is 8.15. The molecule has 0 fully saturated rings. The maximum Gasteiger partial charge on any atom is 0.343 e. The van der Waals surface area contributed by atoms with E-state index in [1.807, 2.05) is 19.1 Å². The van der Waals surface area contributed by atoms with E-state index in [1.165, 1.54) is 6.21 Å². The monoisotopic (exact) mass is 430 g/mol. The highest BCUT2D eigenvalue weighted by Gasteiger charge is 2.09. The topological polar surface area (TPSA) is 77.0 Å². The molecule has 1 amide bonds. The lowest BCUT2D eigenvalue weighted by Gasteiger charge is -2.07. The van der Waals surface area contributed by atoms with Crippen molar-refractivity contribution in [2.45, 2.75) is 26.7 Å². The number of carbonyl (C=O) groups excluding carboxylic acids is 2. The first-order chi connectivity index (χ1) is 15.5. The van der Waals surface area contributed by atoms with Crippen LogP contribution in [0.3, 0.4) is 0 Å². The van der Waals surface area contributed by atoms with E-state index in [0.29, 0.717) is 23.5 Å². The largest absolute Gasteiger partial charge is 0.494 e. The van der Waals surface area contributed by atoms with E-state index in [4.69, 9.17) is 9.47 Å². The first-order valence-electron chi connectivity index (χ1n) is 10.5. The summed E-state index contributed by atoms with van der Waals surface area (Å²) >= 11 is 0. The Hall–Kier alpha value is -3.93. The zero-order valence-corrected chi connectivity index (χ0v) is 18.2. The quantitative estimate of drug-likeness (QED) is 0.167. The van der Waals surface area contributed by atoms with E-state index in [1.54, 1.807) is 60.7 Å². The maximum absolute atomic E-state index is 12.3. The molecule has 6 heteroatoms. The van der Waals surface area contributed by atoms with Crippen LogP contribution in [0.25, 0.3) is 0 Å². The Morgan fingerprint density at radius 1 is 0.875 bits per heavy atom. The number of rotatable bonds is 9. The van der Waals surface area contributed by atoms with Gasteiger partial charge in [0.1, 0.15) is 11.5 Å². The predicted octanol–water partition coefficient (Wildman–Crippen LogP) is 5.16. The SMILES string of the molecule is CCCCOc1ccc(C(=O)Oc2ccc(/C=N\NC(=O)c3ccc(C)cc3)cc2)cc1. The molecule has 32 heavy (non-hydrogen) atoms. The molecule has 0 saturated heterocycles. The van der Waals surface area contributed by atoms with Crippen molar-refractivity contribution in [3.05, 3.63) is 95.1 Å². The summed E-state index contributed by atoms with van der Waals surface area (Å²) in [5, 5.41) is 3.97. The summed E-state index contributed by atoms with van der Waals surface area (Å²) < 4.78 is 11.0. The third kappa shape index (κ3) is 6.80. The number of ether oxygens (including phenoxy) is 2. The second-order valence-electron chi connectivity index (χ2n) is 7.25. The number of unbranched alkanes of at least 4 members (excludes halogenated alkanes) is 1. The van der Waals surface area contributed by atoms with Gasteiger partial charge in [0.05, 0.1) is 18.4 Å². The molecule has 0 aliphatic rings. The summed E-state index contributed by atoms with van der Waals surface area (Å²) in [4.78, 5) is 24.4. The summed E-state index contributed by atoms with van der Waals surface area (Å²) in [5.74, 6) is 0.415. The van der Waals surface area contributed by atoms with Gasteiger partial charge < -0.3 is 9.47 Å². The fourth-order valence-electron chi connectivity index (χ4n) is 2.74. The number of aryl methyl sites for hydroxylation is 1. The van der Waals surface area contributed by atoms with Crippen LogP contribution in [0.15, 0.2) is 77.9 Å². The molecule has 164 valence electrons. The Bertz CT molecular complexity index is 1060. The number of hydrogen-bond acceptors (Lipinski definition) is 5. The molecule has 0 aliphatic heterocycles. The Morgan fingerprint density at radius 2 is 1.50 bits per heavy atom. The molecular formula is C26H26N2O4. The second-order valence-corrected chi connectivity index (χ2v) is 7.25. The molecule has 0 aliphatic carbocycles. The third-order valence-electron chi connectivity index (χ3n) is 4.64. The number of nitrogens with zero attached hydrogens (tertiary/aromatic N) is 1. The van der Waals surface area contributed by atoms with Crippen molar-refractivity contribution in [2.75, 3.05) is 6.61 Å². The minimum absolute atomic E-state index is 0.284. The van der Waals surface area contributed by atoms with Gasteiger partial charge >= 0.3 is 5.97 Å². The molecule has 0 radical (unpaired) electrons. The van der Waals surface area contributed by atoms with E-state index < -0.39 is 5.97 Å². The minimum Gasteiger partial charge on any atom is -0.494 e. The molecule has 0 bridgehead atoms. The number of nitrogens with one attached hydrogen (secondary N) is 1. The van der Waals surface area contributed by atoms with Gasteiger partial charge in [-0.15, -0.1) is 0 Å². The Balaban J connectivity index is 1.50. The molecule has 3 aromatic carbocycles. The lowest BCUT2D eigenvalue weighted by atomic mass is 10.1.